The number of aryl methyl sites for hydroxylation is 1. The zero-order valence-electron chi connectivity index (χ0n) is 10.5. The topological polar surface area (TPSA) is 0 Å². The van der Waals surface area contributed by atoms with Gasteiger partial charge in [0.1, 0.15) is 0 Å². The van der Waals surface area contributed by atoms with Crippen LogP contribution < -0.4 is 0 Å². The van der Waals surface area contributed by atoms with Crippen molar-refractivity contribution in [2.75, 3.05) is 0 Å². The summed E-state index contributed by atoms with van der Waals surface area (Å²) >= 11 is 0. The van der Waals surface area contributed by atoms with Crippen LogP contribution in [-0.2, 0) is 0 Å². The summed E-state index contributed by atoms with van der Waals surface area (Å²) in [6.45, 7) is 4.26. The first-order chi connectivity index (χ1) is 8.29. The molecule has 2 aromatic carbocycles. The lowest BCUT2D eigenvalue weighted by Gasteiger charge is -2.03. The Bertz CT molecular complexity index is 487. The molecule has 0 fully saturated rings. The Balaban J connectivity index is 2.23. The Hall–Kier alpha value is -1.82. The molecule has 0 spiro atoms. The van der Waals surface area contributed by atoms with Crippen LogP contribution in [0.25, 0.3) is 17.2 Å². The van der Waals surface area contributed by atoms with Gasteiger partial charge in [0.2, 0.25) is 0 Å². The third-order valence-corrected chi connectivity index (χ3v) is 2.84. The molecule has 86 valence electrons. The minimum absolute atomic E-state index is 1.08. The summed E-state index contributed by atoms with van der Waals surface area (Å²) in [5.41, 5.74) is 5.12. The Morgan fingerprint density at radius 2 is 1.35 bits per heavy atom. The summed E-state index contributed by atoms with van der Waals surface area (Å²) in [5.74, 6) is 0. The zero-order chi connectivity index (χ0) is 12.1. The maximum absolute atomic E-state index is 2.18. The van der Waals surface area contributed by atoms with Crippen molar-refractivity contribution in [1.29, 1.82) is 0 Å². The van der Waals surface area contributed by atoms with Crippen LogP contribution in [0.15, 0.2) is 54.6 Å². The third-order valence-electron chi connectivity index (χ3n) is 2.84. The number of rotatable bonds is 3. The Morgan fingerprint density at radius 1 is 0.824 bits per heavy atom. The standard InChI is InChI=1S/C17H18/c1-3-4-5-15-8-12-17(13-9-15)16-10-6-14(2)7-11-16/h4-13H,3H2,1-2H3. The van der Waals surface area contributed by atoms with Gasteiger partial charge in [0.25, 0.3) is 0 Å². The Morgan fingerprint density at radius 3 is 1.88 bits per heavy atom. The van der Waals surface area contributed by atoms with Crippen molar-refractivity contribution in [3.63, 3.8) is 0 Å². The van der Waals surface area contributed by atoms with E-state index in [1.54, 1.807) is 0 Å². The molecule has 17 heavy (non-hydrogen) atoms. The molecule has 0 radical (unpaired) electrons. The molecule has 0 heteroatoms. The molecule has 2 aromatic rings. The first-order valence-electron chi connectivity index (χ1n) is 6.13. The van der Waals surface area contributed by atoms with Gasteiger partial charge in [0.15, 0.2) is 0 Å². The fourth-order valence-electron chi connectivity index (χ4n) is 1.79. The molecular weight excluding hydrogens is 204 g/mol. The molecule has 0 bridgehead atoms. The average molecular weight is 222 g/mol. The number of benzene rings is 2. The fourth-order valence-corrected chi connectivity index (χ4v) is 1.79. The number of hydrogen-bond acceptors (Lipinski definition) is 0. The van der Waals surface area contributed by atoms with Crippen LogP contribution in [0.3, 0.4) is 0 Å². The van der Waals surface area contributed by atoms with Crippen molar-refractivity contribution in [2.24, 2.45) is 0 Å². The van der Waals surface area contributed by atoms with E-state index >= 15 is 0 Å². The highest BCUT2D eigenvalue weighted by atomic mass is 14.0. The molecule has 0 nitrogen and oxygen atoms in total. The highest BCUT2D eigenvalue weighted by Gasteiger charge is 1.96. The van der Waals surface area contributed by atoms with Gasteiger partial charge >= 0.3 is 0 Å². The predicted octanol–water partition coefficient (Wildman–Crippen LogP) is 5.09. The van der Waals surface area contributed by atoms with E-state index in [1.807, 2.05) is 0 Å². The van der Waals surface area contributed by atoms with Crippen molar-refractivity contribution < 1.29 is 0 Å². The predicted molar refractivity (Wildman–Crippen MR) is 75.9 cm³/mol. The lowest BCUT2D eigenvalue weighted by Crippen LogP contribution is -1.79. The van der Waals surface area contributed by atoms with E-state index in [9.17, 15) is 0 Å². The van der Waals surface area contributed by atoms with E-state index in [0.29, 0.717) is 0 Å². The van der Waals surface area contributed by atoms with Gasteiger partial charge < -0.3 is 0 Å². The smallest absolute Gasteiger partial charge is 0.0184 e. The number of allylic oxidation sites excluding steroid dienone is 1. The van der Waals surface area contributed by atoms with Gasteiger partial charge in [-0.2, -0.15) is 0 Å². The van der Waals surface area contributed by atoms with E-state index in [-0.39, 0.29) is 0 Å². The van der Waals surface area contributed by atoms with Crippen LogP contribution in [0.1, 0.15) is 24.5 Å². The van der Waals surface area contributed by atoms with Crippen LogP contribution in [0.4, 0.5) is 0 Å². The minimum Gasteiger partial charge on any atom is -0.0842 e. The van der Waals surface area contributed by atoms with Crippen LogP contribution in [0.5, 0.6) is 0 Å². The Kier molecular flexibility index (Phi) is 3.77. The second kappa shape index (κ2) is 5.49. The molecule has 0 aliphatic carbocycles. The minimum atomic E-state index is 1.08. The number of hydrogen-bond donors (Lipinski definition) is 0. The van der Waals surface area contributed by atoms with Gasteiger partial charge in [-0.3, -0.25) is 0 Å². The van der Waals surface area contributed by atoms with E-state index in [2.05, 4.69) is 74.5 Å². The lowest BCUT2D eigenvalue weighted by atomic mass is 10.0. The molecule has 0 unspecified atom stereocenters. The van der Waals surface area contributed by atoms with Crippen molar-refractivity contribution in [1.82, 2.24) is 0 Å². The van der Waals surface area contributed by atoms with E-state index in [0.717, 1.165) is 6.42 Å². The van der Waals surface area contributed by atoms with E-state index < -0.39 is 0 Å². The first kappa shape index (κ1) is 11.7. The van der Waals surface area contributed by atoms with E-state index in [1.165, 1.54) is 22.3 Å². The van der Waals surface area contributed by atoms with Gasteiger partial charge in [-0.1, -0.05) is 73.2 Å². The average Bonchev–Trinajstić information content (AvgIpc) is 2.38. The highest BCUT2D eigenvalue weighted by Crippen LogP contribution is 2.20. The highest BCUT2D eigenvalue weighted by molar-refractivity contribution is 5.65. The van der Waals surface area contributed by atoms with Crippen LogP contribution in [-0.4, -0.2) is 0 Å². The van der Waals surface area contributed by atoms with Crippen LogP contribution >= 0.6 is 0 Å². The molecule has 0 saturated carbocycles. The fraction of sp³-hybridized carbons (Fsp3) is 0.176. The normalized spacial score (nSPS) is 10.9. The van der Waals surface area contributed by atoms with Crippen LogP contribution in [0, 0.1) is 6.92 Å². The molecule has 0 aliphatic rings. The molecule has 0 heterocycles. The van der Waals surface area contributed by atoms with Gasteiger partial charge in [0.05, 0.1) is 0 Å². The Labute approximate surface area is 104 Å². The molecule has 0 amide bonds. The van der Waals surface area contributed by atoms with Gasteiger partial charge in [-0.05, 0) is 30.0 Å². The lowest BCUT2D eigenvalue weighted by molar-refractivity contribution is 1.23. The first-order valence-corrected chi connectivity index (χ1v) is 6.13. The monoisotopic (exact) mass is 222 g/mol. The molecule has 0 N–H and O–H groups in total. The molecule has 2 rings (SSSR count). The van der Waals surface area contributed by atoms with Crippen molar-refractivity contribution >= 4 is 6.08 Å². The molecule has 0 saturated heterocycles. The molecular formula is C17H18. The van der Waals surface area contributed by atoms with Crippen LogP contribution in [0.2, 0.25) is 0 Å². The summed E-state index contributed by atoms with van der Waals surface area (Å²) in [6, 6.07) is 17.3. The second-order valence-corrected chi connectivity index (χ2v) is 4.30. The summed E-state index contributed by atoms with van der Waals surface area (Å²) in [7, 11) is 0. The van der Waals surface area contributed by atoms with Gasteiger partial charge in [-0.25, -0.2) is 0 Å². The van der Waals surface area contributed by atoms with E-state index in [4.69, 9.17) is 0 Å². The summed E-state index contributed by atoms with van der Waals surface area (Å²) in [4.78, 5) is 0. The zero-order valence-corrected chi connectivity index (χ0v) is 10.5. The maximum Gasteiger partial charge on any atom is -0.0184 e. The summed E-state index contributed by atoms with van der Waals surface area (Å²) in [5, 5.41) is 0. The molecule has 0 aliphatic heterocycles. The SMILES string of the molecule is CCC=Cc1ccc(-c2ccc(C)cc2)cc1. The summed E-state index contributed by atoms with van der Waals surface area (Å²) in [6.07, 6.45) is 5.43. The quantitative estimate of drug-likeness (QED) is 0.679. The van der Waals surface area contributed by atoms with Crippen molar-refractivity contribution in [3.8, 4) is 11.1 Å². The largest absolute Gasteiger partial charge is 0.0842 e. The van der Waals surface area contributed by atoms with Gasteiger partial charge in [0, 0.05) is 0 Å². The molecule has 0 aromatic heterocycles. The van der Waals surface area contributed by atoms with Crippen molar-refractivity contribution in [3.05, 3.63) is 65.7 Å². The molecule has 0 atom stereocenters. The third kappa shape index (κ3) is 3.07. The van der Waals surface area contributed by atoms with Gasteiger partial charge in [-0.15, -0.1) is 0 Å². The second-order valence-electron chi connectivity index (χ2n) is 4.30. The summed E-state index contributed by atoms with van der Waals surface area (Å²) < 4.78 is 0. The van der Waals surface area contributed by atoms with Crippen molar-refractivity contribution in [2.45, 2.75) is 20.3 Å². The maximum atomic E-state index is 2.18.